The predicted octanol–water partition coefficient (Wildman–Crippen LogP) is 2.11. The van der Waals surface area contributed by atoms with Crippen LogP contribution in [-0.4, -0.2) is 15.8 Å². The molecule has 0 aromatic carbocycles. The molecule has 3 nitrogen and oxygen atoms in total. The van der Waals surface area contributed by atoms with Crippen LogP contribution in [0.1, 0.15) is 44.4 Å². The van der Waals surface area contributed by atoms with Crippen LogP contribution >= 0.6 is 0 Å². The van der Waals surface area contributed by atoms with Crippen molar-refractivity contribution in [2.45, 2.75) is 58.7 Å². The van der Waals surface area contributed by atoms with Gasteiger partial charge in [-0.15, -0.1) is 0 Å². The van der Waals surface area contributed by atoms with E-state index in [4.69, 9.17) is 0 Å². The maximum atomic E-state index is 4.43. The van der Waals surface area contributed by atoms with E-state index in [0.717, 1.165) is 25.6 Å². The molecule has 1 aliphatic rings. The zero-order valence-electron chi connectivity index (χ0n) is 9.79. The SMILES string of the molecule is CCCc1c(CNC2CC2)cnn1CC. The smallest absolute Gasteiger partial charge is 0.0537 e. The first-order valence-corrected chi connectivity index (χ1v) is 6.12. The molecule has 0 bridgehead atoms. The van der Waals surface area contributed by atoms with E-state index >= 15 is 0 Å². The molecule has 0 aliphatic heterocycles. The van der Waals surface area contributed by atoms with Gasteiger partial charge in [0.15, 0.2) is 0 Å². The summed E-state index contributed by atoms with van der Waals surface area (Å²) >= 11 is 0. The molecule has 3 heteroatoms. The Morgan fingerprint density at radius 3 is 2.87 bits per heavy atom. The van der Waals surface area contributed by atoms with Gasteiger partial charge in [0.1, 0.15) is 0 Å². The molecule has 1 aliphatic carbocycles. The van der Waals surface area contributed by atoms with Gasteiger partial charge in [-0.25, -0.2) is 0 Å². The second-order valence-corrected chi connectivity index (χ2v) is 4.34. The highest BCUT2D eigenvalue weighted by atomic mass is 15.3. The van der Waals surface area contributed by atoms with Crippen LogP contribution in [0.15, 0.2) is 6.20 Å². The van der Waals surface area contributed by atoms with Crippen LogP contribution in [0.5, 0.6) is 0 Å². The van der Waals surface area contributed by atoms with E-state index in [1.807, 2.05) is 6.20 Å². The van der Waals surface area contributed by atoms with E-state index in [2.05, 4.69) is 28.9 Å². The quantitative estimate of drug-likeness (QED) is 0.774. The number of rotatable bonds is 6. The Labute approximate surface area is 91.9 Å². The summed E-state index contributed by atoms with van der Waals surface area (Å²) in [7, 11) is 0. The average molecular weight is 207 g/mol. The van der Waals surface area contributed by atoms with Crippen LogP contribution in [0, 0.1) is 0 Å². The van der Waals surface area contributed by atoms with Crippen LogP contribution in [0.3, 0.4) is 0 Å². The normalized spacial score (nSPS) is 15.9. The van der Waals surface area contributed by atoms with Crippen molar-refractivity contribution in [2.24, 2.45) is 0 Å². The Morgan fingerprint density at radius 2 is 2.27 bits per heavy atom. The lowest BCUT2D eigenvalue weighted by atomic mass is 10.1. The molecule has 1 fully saturated rings. The van der Waals surface area contributed by atoms with Crippen molar-refractivity contribution in [1.82, 2.24) is 15.1 Å². The van der Waals surface area contributed by atoms with Crippen molar-refractivity contribution in [1.29, 1.82) is 0 Å². The first-order valence-electron chi connectivity index (χ1n) is 6.12. The fraction of sp³-hybridized carbons (Fsp3) is 0.750. The van der Waals surface area contributed by atoms with Crippen LogP contribution < -0.4 is 5.32 Å². The maximum Gasteiger partial charge on any atom is 0.0537 e. The molecule has 2 rings (SSSR count). The molecule has 0 atom stereocenters. The molecule has 1 heterocycles. The third-order valence-electron chi connectivity index (χ3n) is 2.98. The van der Waals surface area contributed by atoms with Gasteiger partial charge in [-0.3, -0.25) is 4.68 Å². The minimum absolute atomic E-state index is 0.782. The predicted molar refractivity (Wildman–Crippen MR) is 61.8 cm³/mol. The van der Waals surface area contributed by atoms with E-state index < -0.39 is 0 Å². The first-order chi connectivity index (χ1) is 7.35. The third kappa shape index (κ3) is 2.59. The van der Waals surface area contributed by atoms with Crippen LogP contribution in [0.4, 0.5) is 0 Å². The standard InChI is InChI=1S/C12H21N3/c1-3-5-12-10(8-13-11-6-7-11)9-14-15(12)4-2/h9,11,13H,3-8H2,1-2H3. The fourth-order valence-electron chi connectivity index (χ4n) is 1.94. The van der Waals surface area contributed by atoms with Crippen molar-refractivity contribution in [3.63, 3.8) is 0 Å². The molecule has 15 heavy (non-hydrogen) atoms. The Balaban J connectivity index is 2.02. The molecule has 0 amide bonds. The van der Waals surface area contributed by atoms with Crippen LogP contribution in [0.25, 0.3) is 0 Å². The molecule has 0 radical (unpaired) electrons. The molecule has 0 unspecified atom stereocenters. The molecule has 84 valence electrons. The second kappa shape index (κ2) is 4.79. The Morgan fingerprint density at radius 1 is 1.47 bits per heavy atom. The van der Waals surface area contributed by atoms with E-state index in [9.17, 15) is 0 Å². The van der Waals surface area contributed by atoms with Gasteiger partial charge in [-0.2, -0.15) is 5.10 Å². The van der Waals surface area contributed by atoms with Crippen molar-refractivity contribution < 1.29 is 0 Å². The Hall–Kier alpha value is -0.830. The summed E-state index contributed by atoms with van der Waals surface area (Å²) in [5, 5.41) is 7.98. The van der Waals surface area contributed by atoms with Crippen LogP contribution in [-0.2, 0) is 19.5 Å². The summed E-state index contributed by atoms with van der Waals surface area (Å²) in [6, 6.07) is 0.782. The highest BCUT2D eigenvalue weighted by Gasteiger charge is 2.21. The van der Waals surface area contributed by atoms with Crippen LogP contribution in [0.2, 0.25) is 0 Å². The summed E-state index contributed by atoms with van der Waals surface area (Å²) in [5.74, 6) is 0. The van der Waals surface area contributed by atoms with Gasteiger partial charge in [0.05, 0.1) is 6.20 Å². The summed E-state index contributed by atoms with van der Waals surface area (Å²) in [6.07, 6.45) is 7.08. The second-order valence-electron chi connectivity index (χ2n) is 4.34. The van der Waals surface area contributed by atoms with Crippen molar-refractivity contribution >= 4 is 0 Å². The highest BCUT2D eigenvalue weighted by molar-refractivity contribution is 5.18. The number of nitrogens with one attached hydrogen (secondary N) is 1. The topological polar surface area (TPSA) is 29.9 Å². The van der Waals surface area contributed by atoms with Crippen molar-refractivity contribution in [3.05, 3.63) is 17.5 Å². The Bertz CT molecular complexity index is 313. The van der Waals surface area contributed by atoms with Gasteiger partial charge < -0.3 is 5.32 Å². The molecular formula is C12H21N3. The minimum atomic E-state index is 0.782. The number of hydrogen-bond acceptors (Lipinski definition) is 2. The van der Waals surface area contributed by atoms with Gasteiger partial charge in [0.2, 0.25) is 0 Å². The number of aromatic nitrogens is 2. The largest absolute Gasteiger partial charge is 0.310 e. The van der Waals surface area contributed by atoms with Gasteiger partial charge in [0.25, 0.3) is 0 Å². The minimum Gasteiger partial charge on any atom is -0.310 e. The molecular weight excluding hydrogens is 186 g/mol. The average Bonchev–Trinajstić information content (AvgIpc) is 2.99. The van der Waals surface area contributed by atoms with Crippen molar-refractivity contribution in [3.8, 4) is 0 Å². The molecule has 1 saturated carbocycles. The lowest BCUT2D eigenvalue weighted by molar-refractivity contribution is 0.608. The maximum absolute atomic E-state index is 4.43. The molecule has 1 aromatic rings. The summed E-state index contributed by atoms with van der Waals surface area (Å²) < 4.78 is 2.13. The zero-order chi connectivity index (χ0) is 10.7. The number of hydrogen-bond donors (Lipinski definition) is 1. The number of aryl methyl sites for hydroxylation is 1. The zero-order valence-corrected chi connectivity index (χ0v) is 9.79. The van der Waals surface area contributed by atoms with Gasteiger partial charge in [-0.1, -0.05) is 13.3 Å². The fourth-order valence-corrected chi connectivity index (χ4v) is 1.94. The molecule has 1 N–H and O–H groups in total. The monoisotopic (exact) mass is 207 g/mol. The van der Waals surface area contributed by atoms with E-state index in [0.29, 0.717) is 0 Å². The van der Waals surface area contributed by atoms with E-state index in [-0.39, 0.29) is 0 Å². The van der Waals surface area contributed by atoms with Gasteiger partial charge in [0, 0.05) is 30.4 Å². The lowest BCUT2D eigenvalue weighted by Gasteiger charge is -2.07. The summed E-state index contributed by atoms with van der Waals surface area (Å²) in [6.45, 7) is 6.37. The third-order valence-corrected chi connectivity index (χ3v) is 2.98. The first kappa shape index (κ1) is 10.7. The number of nitrogens with zero attached hydrogens (tertiary/aromatic N) is 2. The summed E-state index contributed by atoms with van der Waals surface area (Å²) in [5.41, 5.74) is 2.82. The van der Waals surface area contributed by atoms with Crippen molar-refractivity contribution in [2.75, 3.05) is 0 Å². The Kier molecular flexibility index (Phi) is 3.41. The highest BCUT2D eigenvalue weighted by Crippen LogP contribution is 2.20. The molecule has 0 spiro atoms. The van der Waals surface area contributed by atoms with Gasteiger partial charge >= 0.3 is 0 Å². The van der Waals surface area contributed by atoms with E-state index in [1.54, 1.807) is 0 Å². The summed E-state index contributed by atoms with van der Waals surface area (Å²) in [4.78, 5) is 0. The lowest BCUT2D eigenvalue weighted by Crippen LogP contribution is -2.16. The van der Waals surface area contributed by atoms with Gasteiger partial charge in [-0.05, 0) is 26.2 Å². The van der Waals surface area contributed by atoms with E-state index in [1.165, 1.54) is 30.5 Å². The molecule has 1 aromatic heterocycles. The molecule has 0 saturated heterocycles.